The topological polar surface area (TPSA) is 115 Å². The van der Waals surface area contributed by atoms with Crippen molar-refractivity contribution in [2.45, 2.75) is 28.8 Å². The van der Waals surface area contributed by atoms with Gasteiger partial charge in [0.05, 0.1) is 26.6 Å². The second-order valence-electron chi connectivity index (χ2n) is 8.11. The monoisotopic (exact) mass is 529 g/mol. The molecule has 0 spiro atoms. The van der Waals surface area contributed by atoms with Gasteiger partial charge in [-0.1, -0.05) is 30.0 Å². The zero-order valence-corrected chi connectivity index (χ0v) is 21.7. The van der Waals surface area contributed by atoms with Crippen LogP contribution in [0.1, 0.15) is 11.1 Å². The fourth-order valence-corrected chi connectivity index (χ4v) is 6.94. The van der Waals surface area contributed by atoms with E-state index >= 15 is 0 Å². The smallest absolute Gasteiger partial charge is 0.270 e. The Labute approximate surface area is 208 Å². The number of hydrogen-bond acceptors (Lipinski definition) is 7. The Morgan fingerprint density at radius 3 is 2.17 bits per heavy atom. The van der Waals surface area contributed by atoms with Gasteiger partial charge in [0.2, 0.25) is 5.91 Å². The quantitative estimate of drug-likeness (QED) is 0.360. The minimum Gasteiger partial charge on any atom is -0.325 e. The summed E-state index contributed by atoms with van der Waals surface area (Å²) in [6.07, 6.45) is 1.11. The van der Waals surface area contributed by atoms with E-state index in [2.05, 4.69) is 10.3 Å². The molecule has 0 aliphatic heterocycles. The van der Waals surface area contributed by atoms with Gasteiger partial charge in [-0.05, 0) is 73.5 Å². The summed E-state index contributed by atoms with van der Waals surface area (Å²) >= 11 is 1.00. The zero-order chi connectivity index (χ0) is 25.4. The summed E-state index contributed by atoms with van der Waals surface area (Å²) in [6.45, 7) is 3.67. The summed E-state index contributed by atoms with van der Waals surface area (Å²) in [5.41, 5.74) is 3.00. The highest BCUT2D eigenvalue weighted by Crippen LogP contribution is 2.30. The third kappa shape index (κ3) is 5.42. The van der Waals surface area contributed by atoms with Gasteiger partial charge in [-0.25, -0.2) is 25.8 Å². The molecule has 3 aromatic carbocycles. The number of hydrogen-bond donors (Lipinski definition) is 1. The van der Waals surface area contributed by atoms with Crippen LogP contribution in [-0.4, -0.2) is 43.7 Å². The fourth-order valence-electron chi connectivity index (χ4n) is 3.60. The largest absolute Gasteiger partial charge is 0.325 e. The second kappa shape index (κ2) is 9.48. The predicted octanol–water partition coefficient (Wildman–Crippen LogP) is 4.02. The standard InChI is InChI=1S/C24H23N3O5S3/c1-16-12-17(2)14-20(13-16)35(31,32)27-22-7-5-4-6-21(22)26-24(27)33-15-23(28)25-18-8-10-19(11-9-18)34(3,29)30/h4-14H,15H2,1-3H3,(H,25,28). The predicted molar refractivity (Wildman–Crippen MR) is 137 cm³/mol. The summed E-state index contributed by atoms with van der Waals surface area (Å²) < 4.78 is 51.7. The van der Waals surface area contributed by atoms with E-state index < -0.39 is 19.9 Å². The number of sulfone groups is 1. The highest BCUT2D eigenvalue weighted by molar-refractivity contribution is 8.00. The molecule has 0 bridgehead atoms. The van der Waals surface area contributed by atoms with E-state index in [0.29, 0.717) is 16.7 Å². The Balaban J connectivity index is 1.62. The first-order chi connectivity index (χ1) is 16.4. The average Bonchev–Trinajstić information content (AvgIpc) is 3.16. The van der Waals surface area contributed by atoms with Gasteiger partial charge in [0.15, 0.2) is 15.0 Å². The Kier molecular flexibility index (Phi) is 6.76. The van der Waals surface area contributed by atoms with E-state index in [1.165, 1.54) is 28.2 Å². The maximum Gasteiger partial charge on any atom is 0.270 e. The molecular formula is C24H23N3O5S3. The number of thioether (sulfide) groups is 1. The molecule has 4 aromatic rings. The van der Waals surface area contributed by atoms with Crippen molar-refractivity contribution in [2.24, 2.45) is 0 Å². The van der Waals surface area contributed by atoms with Crippen molar-refractivity contribution in [1.29, 1.82) is 0 Å². The number of fused-ring (bicyclic) bond motifs is 1. The van der Waals surface area contributed by atoms with Crippen molar-refractivity contribution in [3.05, 3.63) is 77.9 Å². The van der Waals surface area contributed by atoms with E-state index in [4.69, 9.17) is 0 Å². The Morgan fingerprint density at radius 1 is 0.914 bits per heavy atom. The Morgan fingerprint density at radius 2 is 1.54 bits per heavy atom. The lowest BCUT2D eigenvalue weighted by molar-refractivity contribution is -0.113. The van der Waals surface area contributed by atoms with Gasteiger partial charge in [-0.15, -0.1) is 0 Å². The number of rotatable bonds is 7. The van der Waals surface area contributed by atoms with E-state index in [1.807, 2.05) is 19.9 Å². The van der Waals surface area contributed by atoms with E-state index in [0.717, 1.165) is 29.1 Å². The van der Waals surface area contributed by atoms with Gasteiger partial charge in [-0.3, -0.25) is 4.79 Å². The van der Waals surface area contributed by atoms with Gasteiger partial charge in [0, 0.05) is 11.9 Å². The number of nitrogens with zero attached hydrogens (tertiary/aromatic N) is 2. The van der Waals surface area contributed by atoms with Crippen molar-refractivity contribution in [2.75, 3.05) is 17.3 Å². The molecule has 0 radical (unpaired) electrons. The molecule has 11 heteroatoms. The first-order valence-corrected chi connectivity index (χ1v) is 14.8. The minimum absolute atomic E-state index is 0.0977. The molecular weight excluding hydrogens is 506 g/mol. The molecule has 4 rings (SSSR count). The van der Waals surface area contributed by atoms with Crippen molar-refractivity contribution < 1.29 is 21.6 Å². The lowest BCUT2D eigenvalue weighted by atomic mass is 10.2. The number of aromatic nitrogens is 2. The molecule has 0 atom stereocenters. The van der Waals surface area contributed by atoms with Crippen LogP contribution in [0.25, 0.3) is 11.0 Å². The summed E-state index contributed by atoms with van der Waals surface area (Å²) in [6, 6.07) is 17.8. The number of amides is 1. The van der Waals surface area contributed by atoms with Crippen LogP contribution < -0.4 is 5.32 Å². The van der Waals surface area contributed by atoms with Crippen LogP contribution in [-0.2, 0) is 24.7 Å². The zero-order valence-electron chi connectivity index (χ0n) is 19.2. The number of imidazole rings is 1. The lowest BCUT2D eigenvalue weighted by Crippen LogP contribution is -2.17. The molecule has 1 N–H and O–H groups in total. The highest BCUT2D eigenvalue weighted by atomic mass is 32.2. The molecule has 0 aliphatic carbocycles. The van der Waals surface area contributed by atoms with Crippen molar-refractivity contribution in [3.63, 3.8) is 0 Å². The molecule has 8 nitrogen and oxygen atoms in total. The maximum absolute atomic E-state index is 13.6. The van der Waals surface area contributed by atoms with Crippen molar-refractivity contribution >= 4 is 54.3 Å². The van der Waals surface area contributed by atoms with Crippen LogP contribution in [0.3, 0.4) is 0 Å². The molecule has 182 valence electrons. The Hall–Kier alpha value is -3.15. The summed E-state index contributed by atoms with van der Waals surface area (Å²) in [5, 5.41) is 2.86. The number of nitrogens with one attached hydrogen (secondary N) is 1. The van der Waals surface area contributed by atoms with Gasteiger partial charge in [-0.2, -0.15) is 0 Å². The van der Waals surface area contributed by atoms with Gasteiger partial charge in [0.1, 0.15) is 0 Å². The first kappa shape index (κ1) is 25.0. The molecule has 0 aliphatic rings. The fraction of sp³-hybridized carbons (Fsp3) is 0.167. The molecule has 0 saturated carbocycles. The third-order valence-corrected chi connectivity index (χ3v) is 8.99. The van der Waals surface area contributed by atoms with Crippen LogP contribution in [0.5, 0.6) is 0 Å². The third-order valence-electron chi connectivity index (χ3n) is 5.12. The first-order valence-electron chi connectivity index (χ1n) is 10.5. The van der Waals surface area contributed by atoms with Gasteiger partial charge in [0.25, 0.3) is 10.0 Å². The number of carbonyl (C=O) groups excluding carboxylic acids is 1. The molecule has 35 heavy (non-hydrogen) atoms. The van der Waals surface area contributed by atoms with Crippen molar-refractivity contribution in [1.82, 2.24) is 8.96 Å². The van der Waals surface area contributed by atoms with Gasteiger partial charge < -0.3 is 5.32 Å². The number of carbonyl (C=O) groups is 1. The number of para-hydroxylation sites is 2. The van der Waals surface area contributed by atoms with Crippen LogP contribution in [0.4, 0.5) is 5.69 Å². The molecule has 1 amide bonds. The number of anilines is 1. The lowest BCUT2D eigenvalue weighted by Gasteiger charge is -2.12. The van der Waals surface area contributed by atoms with E-state index in [1.54, 1.807) is 36.4 Å². The molecule has 1 aromatic heterocycles. The molecule has 0 saturated heterocycles. The summed E-state index contributed by atoms with van der Waals surface area (Å²) in [7, 11) is -7.32. The molecule has 0 fully saturated rings. The van der Waals surface area contributed by atoms with Crippen LogP contribution >= 0.6 is 11.8 Å². The van der Waals surface area contributed by atoms with E-state index in [-0.39, 0.29) is 26.6 Å². The molecule has 0 unspecified atom stereocenters. The SMILES string of the molecule is Cc1cc(C)cc(S(=O)(=O)n2c(SCC(=O)Nc3ccc(S(C)(=O)=O)cc3)nc3ccccc32)c1. The average molecular weight is 530 g/mol. The highest BCUT2D eigenvalue weighted by Gasteiger charge is 2.25. The normalized spacial score (nSPS) is 12.1. The van der Waals surface area contributed by atoms with Crippen LogP contribution in [0.2, 0.25) is 0 Å². The Bertz CT molecular complexity index is 1620. The summed E-state index contributed by atoms with van der Waals surface area (Å²) in [5.74, 6) is -0.482. The minimum atomic E-state index is -3.98. The number of aryl methyl sites for hydroxylation is 2. The molecule has 1 heterocycles. The van der Waals surface area contributed by atoms with Crippen LogP contribution in [0, 0.1) is 13.8 Å². The number of benzene rings is 3. The summed E-state index contributed by atoms with van der Waals surface area (Å²) in [4.78, 5) is 17.3. The van der Waals surface area contributed by atoms with E-state index in [9.17, 15) is 21.6 Å². The maximum atomic E-state index is 13.6. The second-order valence-corrected chi connectivity index (χ2v) is 12.9. The van der Waals surface area contributed by atoms with Gasteiger partial charge >= 0.3 is 0 Å². The van der Waals surface area contributed by atoms with Crippen LogP contribution in [0.15, 0.2) is 81.7 Å². The van der Waals surface area contributed by atoms with Crippen molar-refractivity contribution in [3.8, 4) is 0 Å².